The molecule has 0 bridgehead atoms. The highest BCUT2D eigenvalue weighted by atomic mass is 16.5. The molecule has 1 heterocycles. The summed E-state index contributed by atoms with van der Waals surface area (Å²) in [6.07, 6.45) is 4.65. The molecule has 24 heavy (non-hydrogen) atoms. The maximum Gasteiger partial charge on any atom is 0.224 e. The van der Waals surface area contributed by atoms with Crippen molar-refractivity contribution in [1.29, 1.82) is 0 Å². The molecule has 0 radical (unpaired) electrons. The number of para-hydroxylation sites is 1. The lowest BCUT2D eigenvalue weighted by Crippen LogP contribution is -2.12. The van der Waals surface area contributed by atoms with E-state index < -0.39 is 0 Å². The fraction of sp³-hybridized carbons (Fsp3) is 0.158. The average molecular weight is 321 g/mol. The second-order valence-electron chi connectivity index (χ2n) is 5.36. The first-order valence-corrected chi connectivity index (χ1v) is 7.78. The van der Waals surface area contributed by atoms with Gasteiger partial charge in [0, 0.05) is 24.5 Å². The zero-order valence-corrected chi connectivity index (χ0v) is 13.5. The summed E-state index contributed by atoms with van der Waals surface area (Å²) in [5.41, 5.74) is 2.76. The molecule has 1 aromatic heterocycles. The first-order valence-electron chi connectivity index (χ1n) is 7.78. The van der Waals surface area contributed by atoms with Crippen molar-refractivity contribution >= 4 is 11.6 Å². The van der Waals surface area contributed by atoms with Crippen LogP contribution in [0, 0.1) is 0 Å². The number of carbonyl (C=O) groups excluding carboxylic acids is 1. The van der Waals surface area contributed by atoms with Gasteiger partial charge in [0.2, 0.25) is 5.91 Å². The summed E-state index contributed by atoms with van der Waals surface area (Å²) in [6, 6.07) is 17.2. The number of anilines is 1. The van der Waals surface area contributed by atoms with E-state index >= 15 is 0 Å². The number of nitrogens with zero attached hydrogens (tertiary/aromatic N) is 2. The zero-order valence-electron chi connectivity index (χ0n) is 13.5. The number of ether oxygens (including phenoxy) is 1. The minimum Gasteiger partial charge on any atom is -0.496 e. The molecule has 5 heteroatoms. The van der Waals surface area contributed by atoms with Crippen LogP contribution in [0.5, 0.6) is 5.75 Å². The summed E-state index contributed by atoms with van der Waals surface area (Å²) < 4.78 is 7.08. The number of carbonyl (C=O) groups is 1. The van der Waals surface area contributed by atoms with E-state index in [0.717, 1.165) is 22.7 Å². The van der Waals surface area contributed by atoms with Crippen molar-refractivity contribution < 1.29 is 9.53 Å². The number of aromatic nitrogens is 2. The van der Waals surface area contributed by atoms with Gasteiger partial charge in [0.15, 0.2) is 0 Å². The van der Waals surface area contributed by atoms with Gasteiger partial charge in [-0.05, 0) is 48.4 Å². The highest BCUT2D eigenvalue weighted by Gasteiger charge is 2.07. The maximum absolute atomic E-state index is 12.1. The minimum atomic E-state index is -0.0206. The molecule has 122 valence electrons. The largest absolute Gasteiger partial charge is 0.496 e. The molecule has 5 nitrogen and oxygen atoms in total. The SMILES string of the molecule is COc1ccccc1CCC(=O)Nc1ccc(-n2cccn2)cc1. The van der Waals surface area contributed by atoms with Crippen LogP contribution in [0.2, 0.25) is 0 Å². The third-order valence-electron chi connectivity index (χ3n) is 3.73. The Hall–Kier alpha value is -3.08. The Morgan fingerprint density at radius 1 is 1.12 bits per heavy atom. The predicted molar refractivity (Wildman–Crippen MR) is 93.5 cm³/mol. The van der Waals surface area contributed by atoms with Gasteiger partial charge in [-0.25, -0.2) is 4.68 Å². The Kier molecular flexibility index (Phi) is 4.91. The predicted octanol–water partition coefficient (Wildman–Crippen LogP) is 3.45. The average Bonchev–Trinajstić information content (AvgIpc) is 3.15. The summed E-state index contributed by atoms with van der Waals surface area (Å²) in [4.78, 5) is 12.1. The van der Waals surface area contributed by atoms with Gasteiger partial charge >= 0.3 is 0 Å². The summed E-state index contributed by atoms with van der Waals surface area (Å²) in [5.74, 6) is 0.793. The molecule has 0 aliphatic heterocycles. The quantitative estimate of drug-likeness (QED) is 0.756. The van der Waals surface area contributed by atoms with Crippen LogP contribution < -0.4 is 10.1 Å². The Morgan fingerprint density at radius 3 is 2.62 bits per heavy atom. The fourth-order valence-corrected chi connectivity index (χ4v) is 2.50. The maximum atomic E-state index is 12.1. The van der Waals surface area contributed by atoms with Crippen molar-refractivity contribution in [2.75, 3.05) is 12.4 Å². The van der Waals surface area contributed by atoms with Gasteiger partial charge in [-0.3, -0.25) is 4.79 Å². The standard InChI is InChI=1S/C19H19N3O2/c1-24-18-6-3-2-5-15(18)7-12-19(23)21-16-8-10-17(11-9-16)22-14-4-13-20-22/h2-6,8-11,13-14H,7,12H2,1H3,(H,21,23). The Labute approximate surface area is 140 Å². The number of benzene rings is 2. The van der Waals surface area contributed by atoms with Gasteiger partial charge in [-0.15, -0.1) is 0 Å². The molecule has 0 aliphatic rings. The number of nitrogens with one attached hydrogen (secondary N) is 1. The van der Waals surface area contributed by atoms with Crippen molar-refractivity contribution in [3.05, 3.63) is 72.6 Å². The van der Waals surface area contributed by atoms with Crippen molar-refractivity contribution in [3.8, 4) is 11.4 Å². The van der Waals surface area contributed by atoms with E-state index in [1.807, 2.05) is 60.8 Å². The van der Waals surface area contributed by atoms with E-state index in [9.17, 15) is 4.79 Å². The number of aryl methyl sites for hydroxylation is 1. The van der Waals surface area contributed by atoms with Gasteiger partial charge in [0.05, 0.1) is 12.8 Å². The molecule has 0 atom stereocenters. The van der Waals surface area contributed by atoms with Crippen LogP contribution in [-0.2, 0) is 11.2 Å². The lowest BCUT2D eigenvalue weighted by Gasteiger charge is -2.09. The number of methoxy groups -OCH3 is 1. The first kappa shape index (κ1) is 15.8. The molecular weight excluding hydrogens is 302 g/mol. The Morgan fingerprint density at radius 2 is 1.92 bits per heavy atom. The molecular formula is C19H19N3O2. The van der Waals surface area contributed by atoms with E-state index in [2.05, 4.69) is 10.4 Å². The highest BCUT2D eigenvalue weighted by molar-refractivity contribution is 5.90. The highest BCUT2D eigenvalue weighted by Crippen LogP contribution is 2.19. The van der Waals surface area contributed by atoms with Gasteiger partial charge in [-0.1, -0.05) is 18.2 Å². The number of amides is 1. The van der Waals surface area contributed by atoms with Crippen LogP contribution in [0.4, 0.5) is 5.69 Å². The third kappa shape index (κ3) is 3.81. The summed E-state index contributed by atoms with van der Waals surface area (Å²) in [5, 5.41) is 7.09. The van der Waals surface area contributed by atoms with Crippen LogP contribution in [0.15, 0.2) is 67.0 Å². The second kappa shape index (κ2) is 7.46. The number of hydrogen-bond acceptors (Lipinski definition) is 3. The van der Waals surface area contributed by atoms with Crippen molar-refractivity contribution in [2.45, 2.75) is 12.8 Å². The van der Waals surface area contributed by atoms with Crippen LogP contribution in [0.25, 0.3) is 5.69 Å². The zero-order chi connectivity index (χ0) is 16.8. The lowest BCUT2D eigenvalue weighted by atomic mass is 10.1. The molecule has 0 saturated carbocycles. The molecule has 0 fully saturated rings. The van der Waals surface area contributed by atoms with Gasteiger partial charge in [0.1, 0.15) is 5.75 Å². The van der Waals surface area contributed by atoms with Crippen LogP contribution in [-0.4, -0.2) is 22.8 Å². The van der Waals surface area contributed by atoms with Crippen LogP contribution >= 0.6 is 0 Å². The van der Waals surface area contributed by atoms with Gasteiger partial charge in [-0.2, -0.15) is 5.10 Å². The van der Waals surface area contributed by atoms with E-state index in [0.29, 0.717) is 12.8 Å². The first-order chi connectivity index (χ1) is 11.8. The molecule has 0 aliphatic carbocycles. The fourth-order valence-electron chi connectivity index (χ4n) is 2.50. The summed E-state index contributed by atoms with van der Waals surface area (Å²) in [7, 11) is 1.64. The van der Waals surface area contributed by atoms with Gasteiger partial charge in [0.25, 0.3) is 0 Å². The second-order valence-corrected chi connectivity index (χ2v) is 5.36. The monoisotopic (exact) mass is 321 g/mol. The Bertz CT molecular complexity index is 796. The van der Waals surface area contributed by atoms with Crippen molar-refractivity contribution in [2.24, 2.45) is 0 Å². The van der Waals surface area contributed by atoms with E-state index in [-0.39, 0.29) is 5.91 Å². The van der Waals surface area contributed by atoms with E-state index in [1.165, 1.54) is 0 Å². The molecule has 2 aromatic carbocycles. The molecule has 0 unspecified atom stereocenters. The minimum absolute atomic E-state index is 0.0206. The topological polar surface area (TPSA) is 56.1 Å². The summed E-state index contributed by atoms with van der Waals surface area (Å²) >= 11 is 0. The number of rotatable bonds is 6. The molecule has 1 N–H and O–H groups in total. The van der Waals surface area contributed by atoms with Crippen LogP contribution in [0.1, 0.15) is 12.0 Å². The molecule has 3 rings (SSSR count). The molecule has 1 amide bonds. The van der Waals surface area contributed by atoms with Gasteiger partial charge < -0.3 is 10.1 Å². The van der Waals surface area contributed by atoms with E-state index in [1.54, 1.807) is 18.0 Å². The Balaban J connectivity index is 1.57. The van der Waals surface area contributed by atoms with Crippen molar-refractivity contribution in [1.82, 2.24) is 9.78 Å². The smallest absolute Gasteiger partial charge is 0.224 e. The molecule has 0 saturated heterocycles. The summed E-state index contributed by atoms with van der Waals surface area (Å²) in [6.45, 7) is 0. The lowest BCUT2D eigenvalue weighted by molar-refractivity contribution is -0.116. The normalized spacial score (nSPS) is 10.4. The van der Waals surface area contributed by atoms with Crippen LogP contribution in [0.3, 0.4) is 0 Å². The third-order valence-corrected chi connectivity index (χ3v) is 3.73. The molecule has 0 spiro atoms. The van der Waals surface area contributed by atoms with E-state index in [4.69, 9.17) is 4.74 Å². The number of hydrogen-bond donors (Lipinski definition) is 1. The molecule has 3 aromatic rings. The van der Waals surface area contributed by atoms with Crippen molar-refractivity contribution in [3.63, 3.8) is 0 Å².